The number of carbonyl (C=O) groups excluding carboxylic acids is 3. The molecule has 1 saturated heterocycles. The van der Waals surface area contributed by atoms with Crippen molar-refractivity contribution >= 4 is 44.0 Å². The van der Waals surface area contributed by atoms with Crippen LogP contribution in [-0.2, 0) is 24.2 Å². The lowest BCUT2D eigenvalue weighted by molar-refractivity contribution is -0.144. The van der Waals surface area contributed by atoms with Crippen molar-refractivity contribution in [3.63, 3.8) is 0 Å². The van der Waals surface area contributed by atoms with Gasteiger partial charge in [0.15, 0.2) is 0 Å². The number of benzene rings is 2. The summed E-state index contributed by atoms with van der Waals surface area (Å²) in [4.78, 5) is 43.1. The van der Waals surface area contributed by atoms with E-state index in [1.165, 1.54) is 6.26 Å². The predicted molar refractivity (Wildman–Crippen MR) is 167 cm³/mol. The lowest BCUT2D eigenvalue weighted by atomic mass is 9.66. The molecule has 42 heavy (non-hydrogen) atoms. The highest BCUT2D eigenvalue weighted by molar-refractivity contribution is 7.90. The summed E-state index contributed by atoms with van der Waals surface area (Å²) in [6, 6.07) is 11.9. The summed E-state index contributed by atoms with van der Waals surface area (Å²) < 4.78 is 24.8. The standard InChI is InChI=1S/C32H46N4O5S/c1-19-22(18-42(7,40)41)17-25(30(38)34-26-14-10-12-21-11-8-9-13-24(21)26)27-23(19)15-16-36(27)31(39)28(32(3,4)5)35-29(37)20(2)33-6/h8-14,19-20,22-23,25,27-28,33H,15-18H2,1-7H3,(H,34,38)(H,35,37). The van der Waals surface area contributed by atoms with E-state index < -0.39 is 39.3 Å². The van der Waals surface area contributed by atoms with Gasteiger partial charge in [0.1, 0.15) is 15.9 Å². The molecule has 3 amide bonds. The van der Waals surface area contributed by atoms with Gasteiger partial charge < -0.3 is 20.9 Å². The number of sulfone groups is 1. The van der Waals surface area contributed by atoms with Crippen molar-refractivity contribution in [3.05, 3.63) is 42.5 Å². The maximum absolute atomic E-state index is 14.3. The van der Waals surface area contributed by atoms with Crippen LogP contribution in [0.4, 0.5) is 5.69 Å². The van der Waals surface area contributed by atoms with Gasteiger partial charge in [0.25, 0.3) is 0 Å². The minimum Gasteiger partial charge on any atom is -0.342 e. The Bertz CT molecular complexity index is 1430. The highest BCUT2D eigenvalue weighted by Gasteiger charge is 2.54. The van der Waals surface area contributed by atoms with E-state index in [0.29, 0.717) is 25.1 Å². The van der Waals surface area contributed by atoms with Crippen LogP contribution in [0.15, 0.2) is 42.5 Å². The number of hydrogen-bond acceptors (Lipinski definition) is 6. The van der Waals surface area contributed by atoms with Gasteiger partial charge in [-0.15, -0.1) is 0 Å². The first-order chi connectivity index (χ1) is 19.6. The lowest BCUT2D eigenvalue weighted by Crippen LogP contribution is -2.61. The van der Waals surface area contributed by atoms with E-state index in [2.05, 4.69) is 22.9 Å². The maximum Gasteiger partial charge on any atom is 0.245 e. The third-order valence-electron chi connectivity index (χ3n) is 9.30. The predicted octanol–water partition coefficient (Wildman–Crippen LogP) is 3.45. The summed E-state index contributed by atoms with van der Waals surface area (Å²) in [6.07, 6.45) is 2.27. The maximum atomic E-state index is 14.3. The van der Waals surface area contributed by atoms with Crippen molar-refractivity contribution in [1.82, 2.24) is 15.5 Å². The highest BCUT2D eigenvalue weighted by atomic mass is 32.2. The Morgan fingerprint density at radius 1 is 1.07 bits per heavy atom. The number of nitrogens with zero attached hydrogens (tertiary/aromatic N) is 1. The number of rotatable bonds is 8. The molecule has 10 heteroatoms. The summed E-state index contributed by atoms with van der Waals surface area (Å²) >= 11 is 0. The molecule has 2 fully saturated rings. The van der Waals surface area contributed by atoms with Gasteiger partial charge in [0.2, 0.25) is 17.7 Å². The number of amides is 3. The van der Waals surface area contributed by atoms with Gasteiger partial charge in [-0.05, 0) is 61.4 Å². The van der Waals surface area contributed by atoms with Gasteiger partial charge in [-0.25, -0.2) is 8.42 Å². The number of fused-ring (bicyclic) bond motifs is 2. The number of anilines is 1. The second kappa shape index (κ2) is 12.3. The van der Waals surface area contributed by atoms with Gasteiger partial charge in [-0.3, -0.25) is 14.4 Å². The van der Waals surface area contributed by atoms with E-state index in [-0.39, 0.29) is 41.2 Å². The fourth-order valence-corrected chi connectivity index (χ4v) is 8.08. The lowest BCUT2D eigenvalue weighted by Gasteiger charge is -2.46. The quantitative estimate of drug-likeness (QED) is 0.428. The molecule has 2 aliphatic rings. The summed E-state index contributed by atoms with van der Waals surface area (Å²) in [5, 5.41) is 10.9. The molecule has 2 aromatic carbocycles. The van der Waals surface area contributed by atoms with Gasteiger partial charge >= 0.3 is 0 Å². The van der Waals surface area contributed by atoms with Gasteiger partial charge in [0.05, 0.1) is 17.7 Å². The van der Waals surface area contributed by atoms with Crippen molar-refractivity contribution in [3.8, 4) is 0 Å². The molecule has 1 heterocycles. The van der Waals surface area contributed by atoms with E-state index in [0.717, 1.165) is 10.8 Å². The summed E-state index contributed by atoms with van der Waals surface area (Å²) in [7, 11) is -1.58. The zero-order chi connectivity index (χ0) is 31.0. The molecule has 7 atom stereocenters. The van der Waals surface area contributed by atoms with Gasteiger partial charge in [0, 0.05) is 29.9 Å². The second-order valence-corrected chi connectivity index (χ2v) is 15.5. The highest BCUT2D eigenvalue weighted by Crippen LogP contribution is 2.47. The van der Waals surface area contributed by atoms with Crippen LogP contribution in [0.2, 0.25) is 0 Å². The van der Waals surface area contributed by atoms with Crippen molar-refractivity contribution in [2.75, 3.05) is 30.9 Å². The summed E-state index contributed by atoms with van der Waals surface area (Å²) in [5.41, 5.74) is 0.114. The molecule has 230 valence electrons. The van der Waals surface area contributed by atoms with Crippen LogP contribution in [0.25, 0.3) is 10.8 Å². The van der Waals surface area contributed by atoms with Gasteiger partial charge in [-0.1, -0.05) is 64.1 Å². The molecular weight excluding hydrogens is 552 g/mol. The third-order valence-corrected chi connectivity index (χ3v) is 10.3. The second-order valence-electron chi connectivity index (χ2n) is 13.4. The van der Waals surface area contributed by atoms with Crippen molar-refractivity contribution in [2.45, 2.75) is 65.6 Å². The zero-order valence-corrected chi connectivity index (χ0v) is 26.6. The van der Waals surface area contributed by atoms with Crippen LogP contribution in [0.1, 0.15) is 47.5 Å². The number of carbonyl (C=O) groups is 3. The van der Waals surface area contributed by atoms with E-state index in [1.807, 2.05) is 63.2 Å². The SMILES string of the molecule is CNC(C)C(=O)NC(C(=O)N1CCC2C(C)C(CS(C)(=O)=O)CC(C(=O)Nc3cccc4ccccc34)C21)C(C)(C)C. The first-order valence-electron chi connectivity index (χ1n) is 14.9. The monoisotopic (exact) mass is 598 g/mol. The molecule has 0 aromatic heterocycles. The molecule has 1 aliphatic carbocycles. The Labute approximate surface area is 250 Å². The zero-order valence-electron chi connectivity index (χ0n) is 25.8. The minimum atomic E-state index is -3.27. The number of nitrogens with one attached hydrogen (secondary N) is 3. The molecule has 9 nitrogen and oxygen atoms in total. The largest absolute Gasteiger partial charge is 0.342 e. The minimum absolute atomic E-state index is 0.00591. The molecule has 0 radical (unpaired) electrons. The topological polar surface area (TPSA) is 125 Å². The Morgan fingerprint density at radius 3 is 2.38 bits per heavy atom. The van der Waals surface area contributed by atoms with Crippen LogP contribution in [0, 0.1) is 29.1 Å². The third kappa shape index (κ3) is 6.80. The molecule has 7 unspecified atom stereocenters. The summed E-state index contributed by atoms with van der Waals surface area (Å²) in [6.45, 7) is 10.0. The van der Waals surface area contributed by atoms with Gasteiger partial charge in [-0.2, -0.15) is 0 Å². The van der Waals surface area contributed by atoms with Crippen molar-refractivity contribution < 1.29 is 22.8 Å². The Kier molecular flexibility index (Phi) is 9.37. The fourth-order valence-electron chi connectivity index (χ4n) is 6.86. The smallest absolute Gasteiger partial charge is 0.245 e. The molecule has 0 bridgehead atoms. The first kappa shape index (κ1) is 31.9. The Hall–Kier alpha value is -2.98. The van der Waals surface area contributed by atoms with E-state index in [1.54, 1.807) is 18.9 Å². The van der Waals surface area contributed by atoms with Crippen LogP contribution < -0.4 is 16.0 Å². The van der Waals surface area contributed by atoms with Crippen molar-refractivity contribution in [1.29, 1.82) is 0 Å². The molecule has 1 aliphatic heterocycles. The number of hydrogen-bond donors (Lipinski definition) is 3. The average molecular weight is 599 g/mol. The molecule has 0 spiro atoms. The summed E-state index contributed by atoms with van der Waals surface area (Å²) in [5.74, 6) is -1.51. The van der Waals surface area contributed by atoms with Crippen LogP contribution in [-0.4, -0.2) is 74.8 Å². The molecule has 1 saturated carbocycles. The number of likely N-dealkylation sites (tertiary alicyclic amines) is 1. The van der Waals surface area contributed by atoms with Crippen LogP contribution in [0.5, 0.6) is 0 Å². The molecule has 3 N–H and O–H groups in total. The van der Waals surface area contributed by atoms with E-state index in [4.69, 9.17) is 0 Å². The first-order valence-corrected chi connectivity index (χ1v) is 16.9. The average Bonchev–Trinajstić information content (AvgIpc) is 3.36. The normalized spacial score (nSPS) is 25.9. The van der Waals surface area contributed by atoms with Crippen LogP contribution >= 0.6 is 0 Å². The number of likely N-dealkylation sites (N-methyl/N-ethyl adjacent to an activating group) is 1. The Morgan fingerprint density at radius 2 is 1.74 bits per heavy atom. The molecular formula is C32H46N4O5S. The molecule has 4 rings (SSSR count). The van der Waals surface area contributed by atoms with E-state index in [9.17, 15) is 22.8 Å². The van der Waals surface area contributed by atoms with E-state index >= 15 is 0 Å². The van der Waals surface area contributed by atoms with Crippen LogP contribution in [0.3, 0.4) is 0 Å². The van der Waals surface area contributed by atoms with Crippen molar-refractivity contribution in [2.24, 2.45) is 29.1 Å². The molecule has 2 aromatic rings. The fraction of sp³-hybridized carbons (Fsp3) is 0.594. The Balaban J connectivity index is 1.70.